The van der Waals surface area contributed by atoms with Crippen LogP contribution in [-0.2, 0) is 14.3 Å². The van der Waals surface area contributed by atoms with Gasteiger partial charge in [-0.25, -0.2) is 0 Å². The molecule has 1 rings (SSSR count). The molecule has 0 aromatic rings. The molecule has 0 aromatic carbocycles. The van der Waals surface area contributed by atoms with E-state index in [4.69, 9.17) is 4.74 Å². The van der Waals surface area contributed by atoms with Crippen LogP contribution in [0.4, 0.5) is 0 Å². The molecule has 0 aromatic heterocycles. The molecule has 1 aliphatic carbocycles. The first kappa shape index (κ1) is 16.5. The summed E-state index contributed by atoms with van der Waals surface area (Å²) in [5.41, 5.74) is 0. The Morgan fingerprint density at radius 2 is 1.80 bits per heavy atom. The third-order valence-electron chi connectivity index (χ3n) is 4.06. The fourth-order valence-corrected chi connectivity index (χ4v) is 2.86. The van der Waals surface area contributed by atoms with E-state index in [9.17, 15) is 19.8 Å². The average Bonchev–Trinajstić information content (AvgIpc) is 2.42. The molecule has 20 heavy (non-hydrogen) atoms. The molecule has 1 fully saturated rings. The number of ether oxygens (including phenoxy) is 1. The summed E-state index contributed by atoms with van der Waals surface area (Å²) in [7, 11) is 0. The predicted octanol–water partition coefficient (Wildman–Crippen LogP) is 0.239. The van der Waals surface area contributed by atoms with Crippen LogP contribution in [0.15, 0.2) is 12.8 Å². The van der Waals surface area contributed by atoms with Gasteiger partial charge in [0.2, 0.25) is 0 Å². The Morgan fingerprint density at radius 1 is 1.20 bits per heavy atom. The van der Waals surface area contributed by atoms with Crippen molar-refractivity contribution in [1.82, 2.24) is 0 Å². The maximum atomic E-state index is 11.0. The number of aliphatic carboxylic acids is 2. The summed E-state index contributed by atoms with van der Waals surface area (Å²) in [6, 6.07) is 0. The highest BCUT2D eigenvalue weighted by atomic mass is 16.5. The minimum absolute atomic E-state index is 0.101. The second-order valence-corrected chi connectivity index (χ2v) is 5.55. The molecule has 0 aliphatic heterocycles. The van der Waals surface area contributed by atoms with Crippen LogP contribution in [-0.4, -0.2) is 18.5 Å². The van der Waals surface area contributed by atoms with Gasteiger partial charge >= 0.3 is 0 Å². The zero-order chi connectivity index (χ0) is 15.0. The number of carbonyl (C=O) groups excluding carboxylic acids is 2. The lowest BCUT2D eigenvalue weighted by Crippen LogP contribution is -2.34. The van der Waals surface area contributed by atoms with Gasteiger partial charge < -0.3 is 24.5 Å². The summed E-state index contributed by atoms with van der Waals surface area (Å²) in [4.78, 5) is 21.5. The quantitative estimate of drug-likeness (QED) is 0.565. The molecule has 1 atom stereocenters. The molecule has 5 heteroatoms. The van der Waals surface area contributed by atoms with Gasteiger partial charge in [-0.1, -0.05) is 19.4 Å². The predicted molar refractivity (Wildman–Crippen MR) is 69.0 cm³/mol. The number of carboxylic acids is 2. The highest BCUT2D eigenvalue weighted by Crippen LogP contribution is 2.33. The van der Waals surface area contributed by atoms with Crippen LogP contribution in [0, 0.1) is 17.8 Å². The molecular weight excluding hydrogens is 260 g/mol. The SMILES string of the molecule is C=COCC1CCC(CC(CCC(=O)[O-])C(=O)[O-])CC1. The van der Waals surface area contributed by atoms with Gasteiger partial charge in [-0.3, -0.25) is 0 Å². The first-order chi connectivity index (χ1) is 9.52. The lowest BCUT2D eigenvalue weighted by Gasteiger charge is -2.31. The van der Waals surface area contributed by atoms with Crippen LogP contribution in [0.2, 0.25) is 0 Å². The van der Waals surface area contributed by atoms with E-state index in [1.54, 1.807) is 0 Å². The van der Waals surface area contributed by atoms with Crippen molar-refractivity contribution in [1.29, 1.82) is 0 Å². The number of hydrogen-bond acceptors (Lipinski definition) is 5. The maximum absolute atomic E-state index is 11.0. The Labute approximate surface area is 119 Å². The number of carbonyl (C=O) groups is 2. The fourth-order valence-electron chi connectivity index (χ4n) is 2.86. The van der Waals surface area contributed by atoms with E-state index in [0.29, 0.717) is 24.9 Å². The van der Waals surface area contributed by atoms with Gasteiger partial charge in [0.1, 0.15) is 0 Å². The van der Waals surface area contributed by atoms with Gasteiger partial charge in [0.05, 0.1) is 12.9 Å². The van der Waals surface area contributed by atoms with E-state index >= 15 is 0 Å². The first-order valence-electron chi connectivity index (χ1n) is 7.16. The molecule has 0 heterocycles. The van der Waals surface area contributed by atoms with Gasteiger partial charge in [-0.2, -0.15) is 0 Å². The Hall–Kier alpha value is -1.52. The second kappa shape index (κ2) is 8.61. The molecule has 1 aliphatic rings. The summed E-state index contributed by atoms with van der Waals surface area (Å²) in [6.45, 7) is 4.18. The van der Waals surface area contributed by atoms with Crippen molar-refractivity contribution in [3.63, 3.8) is 0 Å². The van der Waals surface area contributed by atoms with Crippen molar-refractivity contribution >= 4 is 11.9 Å². The first-order valence-corrected chi connectivity index (χ1v) is 7.16. The number of rotatable bonds is 9. The van der Waals surface area contributed by atoms with E-state index in [1.807, 2.05) is 0 Å². The van der Waals surface area contributed by atoms with Crippen molar-refractivity contribution in [3.05, 3.63) is 12.8 Å². The highest BCUT2D eigenvalue weighted by Gasteiger charge is 2.24. The molecule has 0 bridgehead atoms. The molecular formula is C15H22O5-2. The standard InChI is InChI=1S/C15H24O5/c1-2-20-10-12-5-3-11(4-6-12)9-13(15(18)19)7-8-14(16)17/h2,11-13H,1,3-10H2,(H,16,17)(H,18,19)/p-2. The smallest absolute Gasteiger partial charge is 0.0901 e. The highest BCUT2D eigenvalue weighted by molar-refractivity contribution is 5.69. The molecule has 114 valence electrons. The van der Waals surface area contributed by atoms with E-state index in [1.165, 1.54) is 6.26 Å². The topological polar surface area (TPSA) is 89.5 Å². The zero-order valence-corrected chi connectivity index (χ0v) is 11.7. The molecule has 1 unspecified atom stereocenters. The Balaban J connectivity index is 2.33. The summed E-state index contributed by atoms with van der Waals surface area (Å²) in [6.07, 6.45) is 5.77. The summed E-state index contributed by atoms with van der Waals surface area (Å²) < 4.78 is 5.18. The van der Waals surface area contributed by atoms with Crippen LogP contribution in [0.3, 0.4) is 0 Å². The van der Waals surface area contributed by atoms with Crippen molar-refractivity contribution in [2.75, 3.05) is 6.61 Å². The third kappa shape index (κ3) is 6.08. The van der Waals surface area contributed by atoms with Crippen LogP contribution >= 0.6 is 0 Å². The Kier molecular flexibility index (Phi) is 7.12. The summed E-state index contributed by atoms with van der Waals surface area (Å²) in [5, 5.41) is 21.5. The molecule has 1 saturated carbocycles. The van der Waals surface area contributed by atoms with Gasteiger partial charge in [-0.15, -0.1) is 0 Å². The zero-order valence-electron chi connectivity index (χ0n) is 11.7. The van der Waals surface area contributed by atoms with Gasteiger partial charge in [-0.05, 0) is 49.9 Å². The second-order valence-electron chi connectivity index (χ2n) is 5.55. The van der Waals surface area contributed by atoms with Crippen molar-refractivity contribution in [3.8, 4) is 0 Å². The van der Waals surface area contributed by atoms with Crippen molar-refractivity contribution < 1.29 is 24.5 Å². The number of hydrogen-bond donors (Lipinski definition) is 0. The van der Waals surface area contributed by atoms with E-state index in [-0.39, 0.29) is 12.8 Å². The van der Waals surface area contributed by atoms with Gasteiger partial charge in [0.15, 0.2) is 0 Å². The minimum Gasteiger partial charge on any atom is -0.550 e. The molecule has 5 nitrogen and oxygen atoms in total. The van der Waals surface area contributed by atoms with Crippen molar-refractivity contribution in [2.45, 2.75) is 44.9 Å². The van der Waals surface area contributed by atoms with E-state index in [2.05, 4.69) is 6.58 Å². The lowest BCUT2D eigenvalue weighted by atomic mass is 9.77. The Morgan fingerprint density at radius 3 is 2.30 bits per heavy atom. The van der Waals surface area contributed by atoms with Crippen LogP contribution in [0.25, 0.3) is 0 Å². The third-order valence-corrected chi connectivity index (χ3v) is 4.06. The van der Waals surface area contributed by atoms with Crippen molar-refractivity contribution in [2.24, 2.45) is 17.8 Å². The summed E-state index contributed by atoms with van der Waals surface area (Å²) in [5.74, 6) is -2.20. The summed E-state index contributed by atoms with van der Waals surface area (Å²) >= 11 is 0. The molecule has 0 amide bonds. The maximum Gasteiger partial charge on any atom is 0.0901 e. The minimum atomic E-state index is -1.21. The molecule has 0 radical (unpaired) electrons. The molecule has 0 saturated heterocycles. The molecule has 0 spiro atoms. The lowest BCUT2D eigenvalue weighted by molar-refractivity contribution is -0.313. The van der Waals surface area contributed by atoms with E-state index < -0.39 is 17.9 Å². The fraction of sp³-hybridized carbons (Fsp3) is 0.733. The van der Waals surface area contributed by atoms with Crippen LogP contribution < -0.4 is 10.2 Å². The normalized spacial score (nSPS) is 23.8. The van der Waals surface area contributed by atoms with Gasteiger partial charge in [0.25, 0.3) is 0 Å². The monoisotopic (exact) mass is 282 g/mol. The van der Waals surface area contributed by atoms with Crippen LogP contribution in [0.5, 0.6) is 0 Å². The number of carboxylic acid groups (broad SMARTS) is 2. The Bertz CT molecular complexity index is 331. The van der Waals surface area contributed by atoms with E-state index in [0.717, 1.165) is 25.7 Å². The average molecular weight is 282 g/mol. The van der Waals surface area contributed by atoms with Crippen LogP contribution in [0.1, 0.15) is 44.9 Å². The molecule has 0 N–H and O–H groups in total. The largest absolute Gasteiger partial charge is 0.550 e. The van der Waals surface area contributed by atoms with Gasteiger partial charge in [0, 0.05) is 11.9 Å².